The van der Waals surface area contributed by atoms with Crippen LogP contribution in [-0.4, -0.2) is 14.1 Å². The summed E-state index contributed by atoms with van der Waals surface area (Å²) in [5, 5.41) is 6.20. The Balaban J connectivity index is 0.000000169. The van der Waals surface area contributed by atoms with Gasteiger partial charge in [-0.15, -0.1) is 0 Å². The van der Waals surface area contributed by atoms with Crippen molar-refractivity contribution >= 4 is 65.7 Å². The third-order valence-corrected chi connectivity index (χ3v) is 7.08. The second-order valence-electron chi connectivity index (χ2n) is 8.96. The maximum Gasteiger partial charge on any atom is 0.137 e. The van der Waals surface area contributed by atoms with Gasteiger partial charge in [-0.05, 0) is 42.5 Å². The first-order valence-electron chi connectivity index (χ1n) is 14.8. The van der Waals surface area contributed by atoms with Gasteiger partial charge in [0.1, 0.15) is 11.2 Å². The van der Waals surface area contributed by atoms with E-state index in [2.05, 4.69) is 107 Å². The van der Waals surface area contributed by atoms with E-state index >= 15 is 0 Å². The number of furan rings is 1. The van der Waals surface area contributed by atoms with E-state index < -0.39 is 0 Å². The van der Waals surface area contributed by atoms with Crippen LogP contribution in [0.15, 0.2) is 108 Å². The molecule has 0 aliphatic heterocycles. The Kier molecular flexibility index (Phi) is 9.46. The van der Waals surface area contributed by atoms with Gasteiger partial charge >= 0.3 is 0 Å². The van der Waals surface area contributed by atoms with Crippen molar-refractivity contribution in [1.82, 2.24) is 14.1 Å². The number of hydrogen-bond acceptors (Lipinski definition) is 2. The number of aromatic nitrogens is 3. The molecule has 4 aromatic carbocycles. The van der Waals surface area contributed by atoms with Crippen molar-refractivity contribution in [3.8, 4) is 0 Å². The van der Waals surface area contributed by atoms with Gasteiger partial charge in [-0.25, -0.2) is 0 Å². The van der Waals surface area contributed by atoms with Crippen LogP contribution in [0.2, 0.25) is 0 Å². The van der Waals surface area contributed by atoms with Crippen LogP contribution in [0.5, 0.6) is 0 Å². The molecule has 0 fully saturated rings. The lowest BCUT2D eigenvalue weighted by Gasteiger charge is -1.99. The third kappa shape index (κ3) is 5.06. The molecule has 0 saturated heterocycles. The first kappa shape index (κ1) is 29.4. The van der Waals surface area contributed by atoms with E-state index in [-0.39, 0.29) is 0 Å². The van der Waals surface area contributed by atoms with Gasteiger partial charge in [0.15, 0.2) is 0 Å². The highest BCUT2D eigenvalue weighted by molar-refractivity contribution is 6.23. The number of hydrogen-bond donors (Lipinski definition) is 0. The highest BCUT2D eigenvalue weighted by atomic mass is 16.3. The second kappa shape index (κ2) is 13.2. The van der Waals surface area contributed by atoms with Crippen LogP contribution in [0.1, 0.15) is 41.5 Å². The third-order valence-electron chi connectivity index (χ3n) is 7.08. The van der Waals surface area contributed by atoms with Crippen LogP contribution in [-0.2, 0) is 14.1 Å². The molecule has 0 N–H and O–H groups in total. The molecule has 0 aliphatic rings. The summed E-state index contributed by atoms with van der Waals surface area (Å²) in [6.45, 7) is 12.0. The smallest absolute Gasteiger partial charge is 0.137 e. The molecule has 8 aromatic rings. The van der Waals surface area contributed by atoms with E-state index in [0.29, 0.717) is 0 Å². The lowest BCUT2D eigenvalue weighted by Crippen LogP contribution is -1.86. The maximum atomic E-state index is 6.00. The Morgan fingerprint density at radius 3 is 1.76 bits per heavy atom. The second-order valence-corrected chi connectivity index (χ2v) is 8.96. The van der Waals surface area contributed by atoms with Gasteiger partial charge in [-0.1, -0.05) is 96.1 Å². The minimum Gasteiger partial charge on any atom is -0.456 e. The summed E-state index contributed by atoms with van der Waals surface area (Å²) in [6.07, 6.45) is 1.84. The quantitative estimate of drug-likeness (QED) is 0.191. The van der Waals surface area contributed by atoms with E-state index in [4.69, 9.17) is 4.42 Å². The fourth-order valence-electron chi connectivity index (χ4n) is 5.45. The Hall–Kier alpha value is -4.57. The Morgan fingerprint density at radius 1 is 0.488 bits per heavy atom. The molecule has 4 nitrogen and oxygen atoms in total. The molecule has 41 heavy (non-hydrogen) atoms. The average Bonchev–Trinajstić information content (AvgIpc) is 3.68. The fraction of sp³-hybridized carbons (Fsp3) is 0.216. The molecule has 0 saturated carbocycles. The zero-order valence-electron chi connectivity index (χ0n) is 25.6. The zero-order chi connectivity index (χ0) is 29.5. The molecular formula is C37H41N3O. The van der Waals surface area contributed by atoms with Crippen LogP contribution in [0, 0.1) is 0 Å². The molecule has 0 spiro atoms. The van der Waals surface area contributed by atoms with E-state index in [1.54, 1.807) is 0 Å². The van der Waals surface area contributed by atoms with Crippen molar-refractivity contribution in [2.45, 2.75) is 41.5 Å². The van der Waals surface area contributed by atoms with Gasteiger partial charge in [0.25, 0.3) is 0 Å². The lowest BCUT2D eigenvalue weighted by atomic mass is 10.1. The molecule has 0 radical (unpaired) electrons. The first-order valence-corrected chi connectivity index (χ1v) is 14.8. The molecule has 210 valence electrons. The Bertz CT molecular complexity index is 1990. The standard InChI is InChI=1S/C19H13NO.C12H10N2.3C2H6/c1-20-15-8-4-2-6-12(15)13-10-11-17-18(19(13)20)14-7-3-5-9-16(14)21-17;1-14-10-6-3-2-5-9(10)12-11(14)7-4-8-13-12;3*1-2/h2-11H,1H3;2-8H,1H3;3*1-2H3. The van der Waals surface area contributed by atoms with Gasteiger partial charge in [-0.2, -0.15) is 0 Å². The SMILES string of the molecule is CC.CC.CC.Cn1c2ccccc2c2ccc3oc4ccccc4c3c21.Cn1c2ccccc2c2ncccc21. The van der Waals surface area contributed by atoms with Gasteiger partial charge in [0.05, 0.1) is 27.5 Å². The zero-order valence-corrected chi connectivity index (χ0v) is 25.6. The Labute approximate surface area is 242 Å². The Morgan fingerprint density at radius 2 is 1.05 bits per heavy atom. The van der Waals surface area contributed by atoms with Gasteiger partial charge < -0.3 is 13.6 Å². The first-order chi connectivity index (χ1) is 20.2. The lowest BCUT2D eigenvalue weighted by molar-refractivity contribution is 0.669. The van der Waals surface area contributed by atoms with Crippen molar-refractivity contribution in [2.24, 2.45) is 14.1 Å². The topological polar surface area (TPSA) is 35.9 Å². The van der Waals surface area contributed by atoms with Crippen LogP contribution >= 0.6 is 0 Å². The molecule has 0 aliphatic carbocycles. The van der Waals surface area contributed by atoms with E-state index in [1.807, 2.05) is 65.9 Å². The van der Waals surface area contributed by atoms with Crippen molar-refractivity contribution in [2.75, 3.05) is 0 Å². The molecule has 4 heteroatoms. The fourth-order valence-corrected chi connectivity index (χ4v) is 5.45. The van der Waals surface area contributed by atoms with Crippen LogP contribution in [0.3, 0.4) is 0 Å². The predicted octanol–water partition coefficient (Wildman–Crippen LogP) is 11.0. The van der Waals surface area contributed by atoms with Crippen LogP contribution in [0.25, 0.3) is 65.7 Å². The number of rotatable bonds is 0. The maximum absolute atomic E-state index is 6.00. The summed E-state index contributed by atoms with van der Waals surface area (Å²) in [7, 11) is 4.21. The molecule has 4 heterocycles. The normalized spacial score (nSPS) is 10.4. The van der Waals surface area contributed by atoms with E-state index in [0.717, 1.165) is 16.7 Å². The minimum atomic E-state index is 0.949. The molecule has 4 aromatic heterocycles. The highest BCUT2D eigenvalue weighted by Gasteiger charge is 2.15. The number of pyridine rings is 1. The largest absolute Gasteiger partial charge is 0.456 e. The summed E-state index contributed by atoms with van der Waals surface area (Å²) in [4.78, 5) is 4.41. The van der Waals surface area contributed by atoms with Crippen LogP contribution in [0.4, 0.5) is 0 Å². The summed E-state index contributed by atoms with van der Waals surface area (Å²) in [5.41, 5.74) is 7.92. The van der Waals surface area contributed by atoms with Gasteiger partial charge in [-0.3, -0.25) is 4.98 Å². The molecule has 0 unspecified atom stereocenters. The molecule has 8 rings (SSSR count). The molecular weight excluding hydrogens is 502 g/mol. The summed E-state index contributed by atoms with van der Waals surface area (Å²) >= 11 is 0. The predicted molar refractivity (Wildman–Crippen MR) is 180 cm³/mol. The summed E-state index contributed by atoms with van der Waals surface area (Å²) in [6, 6.07) is 33.5. The van der Waals surface area contributed by atoms with Crippen molar-refractivity contribution in [3.05, 3.63) is 103 Å². The molecule has 0 bridgehead atoms. The molecule has 0 amide bonds. The number of nitrogens with zero attached hydrogens (tertiary/aromatic N) is 3. The number of aryl methyl sites for hydroxylation is 2. The average molecular weight is 544 g/mol. The monoisotopic (exact) mass is 543 g/mol. The van der Waals surface area contributed by atoms with Crippen molar-refractivity contribution in [3.63, 3.8) is 0 Å². The van der Waals surface area contributed by atoms with Gasteiger partial charge in [0, 0.05) is 47.4 Å². The minimum absolute atomic E-state index is 0.949. The van der Waals surface area contributed by atoms with Gasteiger partial charge in [0.2, 0.25) is 0 Å². The summed E-state index contributed by atoms with van der Waals surface area (Å²) < 4.78 is 10.4. The summed E-state index contributed by atoms with van der Waals surface area (Å²) in [5.74, 6) is 0. The van der Waals surface area contributed by atoms with Crippen molar-refractivity contribution in [1.29, 1.82) is 0 Å². The highest BCUT2D eigenvalue weighted by Crippen LogP contribution is 2.38. The van der Waals surface area contributed by atoms with E-state index in [1.165, 1.54) is 49.0 Å². The number of benzene rings is 4. The van der Waals surface area contributed by atoms with Crippen molar-refractivity contribution < 1.29 is 4.42 Å². The molecule has 0 atom stereocenters. The van der Waals surface area contributed by atoms with Crippen LogP contribution < -0.4 is 0 Å². The number of para-hydroxylation sites is 3. The number of fused-ring (bicyclic) bond motifs is 10. The van der Waals surface area contributed by atoms with E-state index in [9.17, 15) is 0 Å².